The van der Waals surface area contributed by atoms with E-state index in [-0.39, 0.29) is 17.1 Å². The van der Waals surface area contributed by atoms with Crippen LogP contribution in [-0.2, 0) is 15.7 Å². The third kappa shape index (κ3) is 3.68. The Morgan fingerprint density at radius 3 is 2.30 bits per heavy atom. The van der Waals surface area contributed by atoms with Gasteiger partial charge < -0.3 is 10.1 Å². The molecular formula is C14H12F3N3O3. The van der Waals surface area contributed by atoms with E-state index in [2.05, 4.69) is 15.2 Å². The van der Waals surface area contributed by atoms with Gasteiger partial charge in [0.05, 0.1) is 18.4 Å². The molecule has 0 unspecified atom stereocenters. The number of nitrogens with one attached hydrogen (secondary N) is 1. The molecule has 0 spiro atoms. The fourth-order valence-electron chi connectivity index (χ4n) is 1.84. The quantitative estimate of drug-likeness (QED) is 0.880. The van der Waals surface area contributed by atoms with Gasteiger partial charge in [0.25, 0.3) is 0 Å². The molecule has 0 bridgehead atoms. The molecule has 9 heteroatoms. The molecule has 0 aliphatic rings. The lowest BCUT2D eigenvalue weighted by Gasteiger charge is -2.08. The van der Waals surface area contributed by atoms with Gasteiger partial charge in [-0.1, -0.05) is 0 Å². The lowest BCUT2D eigenvalue weighted by Crippen LogP contribution is -2.11. The van der Waals surface area contributed by atoms with Crippen molar-refractivity contribution >= 4 is 17.7 Å². The highest BCUT2D eigenvalue weighted by atomic mass is 19.4. The van der Waals surface area contributed by atoms with Gasteiger partial charge in [0.1, 0.15) is 5.82 Å². The number of anilines is 1. The standard InChI is InChI=1S/C14H12F3N3O3/c1-8(21)18-12-7-11(14(15,16)17)19-20(12)10-5-3-9(4-6-10)13(22)23-2/h3-7H,1-2H3,(H,18,21). The second kappa shape index (κ2) is 6.11. The number of halogens is 3. The summed E-state index contributed by atoms with van der Waals surface area (Å²) in [5.41, 5.74) is -0.657. The zero-order valence-electron chi connectivity index (χ0n) is 12.1. The van der Waals surface area contributed by atoms with Crippen molar-refractivity contribution < 1.29 is 27.5 Å². The predicted molar refractivity (Wildman–Crippen MR) is 74.2 cm³/mol. The third-order valence-corrected chi connectivity index (χ3v) is 2.84. The molecule has 1 amide bonds. The highest BCUT2D eigenvalue weighted by molar-refractivity contribution is 5.90. The molecular weight excluding hydrogens is 315 g/mol. The highest BCUT2D eigenvalue weighted by Crippen LogP contribution is 2.31. The Morgan fingerprint density at radius 1 is 1.22 bits per heavy atom. The number of methoxy groups -OCH3 is 1. The summed E-state index contributed by atoms with van der Waals surface area (Å²) in [7, 11) is 1.22. The van der Waals surface area contributed by atoms with Crippen LogP contribution in [0.25, 0.3) is 5.69 Å². The van der Waals surface area contributed by atoms with E-state index in [1.54, 1.807) is 0 Å². The van der Waals surface area contributed by atoms with Gasteiger partial charge in [-0.2, -0.15) is 18.3 Å². The molecule has 1 heterocycles. The molecule has 23 heavy (non-hydrogen) atoms. The lowest BCUT2D eigenvalue weighted by atomic mass is 10.2. The molecule has 0 saturated carbocycles. The Morgan fingerprint density at radius 2 is 1.83 bits per heavy atom. The van der Waals surface area contributed by atoms with Crippen molar-refractivity contribution in [2.24, 2.45) is 0 Å². The Hall–Kier alpha value is -2.84. The SMILES string of the molecule is COC(=O)c1ccc(-n2nc(C(F)(F)F)cc2NC(C)=O)cc1. The molecule has 0 aliphatic carbocycles. The zero-order chi connectivity index (χ0) is 17.2. The van der Waals surface area contributed by atoms with E-state index in [1.807, 2.05) is 0 Å². The second-order valence-corrected chi connectivity index (χ2v) is 4.54. The molecule has 0 aliphatic heterocycles. The first kappa shape index (κ1) is 16.5. The lowest BCUT2D eigenvalue weighted by molar-refractivity contribution is -0.141. The number of carbonyl (C=O) groups is 2. The summed E-state index contributed by atoms with van der Waals surface area (Å²) < 4.78 is 43.9. The van der Waals surface area contributed by atoms with Gasteiger partial charge in [-0.15, -0.1) is 0 Å². The normalized spacial score (nSPS) is 11.2. The highest BCUT2D eigenvalue weighted by Gasteiger charge is 2.35. The largest absolute Gasteiger partial charge is 0.465 e. The van der Waals surface area contributed by atoms with Crippen molar-refractivity contribution in [1.82, 2.24) is 9.78 Å². The number of amides is 1. The van der Waals surface area contributed by atoms with Gasteiger partial charge in [-0.05, 0) is 24.3 Å². The van der Waals surface area contributed by atoms with Crippen LogP contribution in [-0.4, -0.2) is 28.8 Å². The maximum Gasteiger partial charge on any atom is 0.435 e. The molecule has 2 rings (SSSR count). The monoisotopic (exact) mass is 327 g/mol. The molecule has 0 saturated heterocycles. The molecule has 1 aromatic heterocycles. The Balaban J connectivity index is 2.46. The summed E-state index contributed by atoms with van der Waals surface area (Å²) in [5, 5.41) is 5.74. The Bertz CT molecular complexity index is 736. The number of carbonyl (C=O) groups excluding carboxylic acids is 2. The molecule has 1 aromatic carbocycles. The van der Waals surface area contributed by atoms with E-state index in [0.717, 1.165) is 10.7 Å². The minimum atomic E-state index is -4.65. The second-order valence-electron chi connectivity index (χ2n) is 4.54. The van der Waals surface area contributed by atoms with Gasteiger partial charge in [0, 0.05) is 13.0 Å². The summed E-state index contributed by atoms with van der Waals surface area (Å²) >= 11 is 0. The Labute approximate surface area is 128 Å². The van der Waals surface area contributed by atoms with Crippen LogP contribution in [0.1, 0.15) is 23.0 Å². The van der Waals surface area contributed by atoms with Crippen LogP contribution in [0.4, 0.5) is 19.0 Å². The first-order chi connectivity index (χ1) is 10.7. The van der Waals surface area contributed by atoms with E-state index < -0.39 is 23.7 Å². The topological polar surface area (TPSA) is 73.2 Å². The van der Waals surface area contributed by atoms with Crippen molar-refractivity contribution in [2.75, 3.05) is 12.4 Å². The summed E-state index contributed by atoms with van der Waals surface area (Å²) in [6.07, 6.45) is -4.65. The third-order valence-electron chi connectivity index (χ3n) is 2.84. The van der Waals surface area contributed by atoms with Crippen LogP contribution in [0.3, 0.4) is 0 Å². The number of ether oxygens (including phenoxy) is 1. The molecule has 0 fully saturated rings. The minimum absolute atomic E-state index is 0.129. The van der Waals surface area contributed by atoms with Gasteiger partial charge in [-0.25, -0.2) is 9.48 Å². The van der Waals surface area contributed by atoms with Crippen molar-refractivity contribution in [3.63, 3.8) is 0 Å². The molecule has 1 N–H and O–H groups in total. The van der Waals surface area contributed by atoms with E-state index >= 15 is 0 Å². The first-order valence-electron chi connectivity index (χ1n) is 6.36. The summed E-state index contributed by atoms with van der Waals surface area (Å²) in [5.74, 6) is -1.24. The average Bonchev–Trinajstić information content (AvgIpc) is 2.90. The molecule has 122 valence electrons. The van der Waals surface area contributed by atoms with Crippen LogP contribution in [0.2, 0.25) is 0 Å². The zero-order valence-corrected chi connectivity index (χ0v) is 12.1. The summed E-state index contributed by atoms with van der Waals surface area (Å²) in [6, 6.07) is 6.28. The van der Waals surface area contributed by atoms with E-state index in [4.69, 9.17) is 0 Å². The number of nitrogens with zero attached hydrogens (tertiary/aromatic N) is 2. The van der Waals surface area contributed by atoms with Crippen molar-refractivity contribution in [1.29, 1.82) is 0 Å². The number of esters is 1. The van der Waals surface area contributed by atoms with Gasteiger partial charge in [-0.3, -0.25) is 4.79 Å². The van der Waals surface area contributed by atoms with Crippen molar-refractivity contribution in [3.05, 3.63) is 41.6 Å². The smallest absolute Gasteiger partial charge is 0.435 e. The summed E-state index contributed by atoms with van der Waals surface area (Å²) in [4.78, 5) is 22.5. The molecule has 6 nitrogen and oxygen atoms in total. The molecule has 0 radical (unpaired) electrons. The van der Waals surface area contributed by atoms with Gasteiger partial charge in [0.2, 0.25) is 5.91 Å². The van der Waals surface area contributed by atoms with Gasteiger partial charge >= 0.3 is 12.1 Å². The van der Waals surface area contributed by atoms with Crippen LogP contribution in [0.5, 0.6) is 0 Å². The van der Waals surface area contributed by atoms with E-state index in [9.17, 15) is 22.8 Å². The number of benzene rings is 1. The fraction of sp³-hybridized carbons (Fsp3) is 0.214. The Kier molecular flexibility index (Phi) is 4.39. The van der Waals surface area contributed by atoms with E-state index in [0.29, 0.717) is 0 Å². The molecule has 0 atom stereocenters. The predicted octanol–water partition coefficient (Wildman–Crippen LogP) is 2.64. The number of hydrogen-bond donors (Lipinski definition) is 1. The number of rotatable bonds is 3. The van der Waals surface area contributed by atoms with Crippen LogP contribution in [0, 0.1) is 0 Å². The van der Waals surface area contributed by atoms with E-state index in [1.165, 1.54) is 38.3 Å². The van der Waals surface area contributed by atoms with Crippen LogP contribution in [0.15, 0.2) is 30.3 Å². The average molecular weight is 327 g/mol. The molecule has 2 aromatic rings. The maximum absolute atomic E-state index is 12.8. The summed E-state index contributed by atoms with van der Waals surface area (Å²) in [6.45, 7) is 1.17. The fourth-order valence-corrected chi connectivity index (χ4v) is 1.84. The van der Waals surface area contributed by atoms with Crippen molar-refractivity contribution in [3.8, 4) is 5.69 Å². The number of hydrogen-bond acceptors (Lipinski definition) is 4. The van der Waals surface area contributed by atoms with Crippen molar-refractivity contribution in [2.45, 2.75) is 13.1 Å². The number of aromatic nitrogens is 2. The van der Waals surface area contributed by atoms with Gasteiger partial charge in [0.15, 0.2) is 5.69 Å². The minimum Gasteiger partial charge on any atom is -0.465 e. The number of alkyl halides is 3. The maximum atomic E-state index is 12.8. The first-order valence-corrected chi connectivity index (χ1v) is 6.36. The van der Waals surface area contributed by atoms with Crippen LogP contribution < -0.4 is 5.32 Å². The van der Waals surface area contributed by atoms with Crippen LogP contribution >= 0.6 is 0 Å².